The van der Waals surface area contributed by atoms with Gasteiger partial charge in [-0.05, 0) is 68.9 Å². The van der Waals surface area contributed by atoms with Crippen molar-refractivity contribution >= 4 is 11.7 Å². The maximum absolute atomic E-state index is 13.8. The van der Waals surface area contributed by atoms with Crippen molar-refractivity contribution in [1.29, 1.82) is 0 Å². The normalized spacial score (nSPS) is 14.6. The summed E-state index contributed by atoms with van der Waals surface area (Å²) >= 11 is 0. The Bertz CT molecular complexity index is 1490. The monoisotopic (exact) mass is 503 g/mol. The molecule has 0 radical (unpaired) electrons. The smallest absolute Gasteiger partial charge is 0.330 e. The van der Waals surface area contributed by atoms with Crippen LogP contribution in [0.25, 0.3) is 11.3 Å². The number of rotatable bonds is 7. The van der Waals surface area contributed by atoms with Crippen molar-refractivity contribution in [2.75, 3.05) is 13.7 Å². The summed E-state index contributed by atoms with van der Waals surface area (Å²) in [6.45, 7) is 7.08. The lowest BCUT2D eigenvalue weighted by atomic mass is 9.97. The van der Waals surface area contributed by atoms with E-state index in [4.69, 9.17) is 20.2 Å². The zero-order valence-corrected chi connectivity index (χ0v) is 21.8. The fourth-order valence-electron chi connectivity index (χ4n) is 5.02. The highest BCUT2D eigenvalue weighted by Gasteiger charge is 2.27. The fraction of sp³-hybridized carbons (Fsp3) is 0.393. The number of urea groups is 1. The first kappa shape index (κ1) is 24.7. The van der Waals surface area contributed by atoms with Gasteiger partial charge in [-0.25, -0.2) is 14.6 Å². The van der Waals surface area contributed by atoms with Crippen LogP contribution in [0.2, 0.25) is 0 Å². The summed E-state index contributed by atoms with van der Waals surface area (Å²) in [5.41, 5.74) is 12.5. The zero-order valence-electron chi connectivity index (χ0n) is 21.8. The first-order valence-corrected chi connectivity index (χ1v) is 12.6. The fourth-order valence-corrected chi connectivity index (χ4v) is 5.02. The van der Waals surface area contributed by atoms with Crippen LogP contribution in [0.15, 0.2) is 40.1 Å². The third kappa shape index (κ3) is 4.98. The van der Waals surface area contributed by atoms with E-state index in [1.807, 2.05) is 32.0 Å². The number of nitrogens with one attached hydrogen (secondary N) is 1. The Morgan fingerprint density at radius 3 is 2.49 bits per heavy atom. The van der Waals surface area contributed by atoms with Gasteiger partial charge in [-0.2, -0.15) is 0 Å². The molecule has 5 rings (SSSR count). The lowest BCUT2D eigenvalue weighted by molar-refractivity contribution is 0.248. The highest BCUT2D eigenvalue weighted by Crippen LogP contribution is 2.40. The number of ether oxygens (including phenoxy) is 2. The van der Waals surface area contributed by atoms with Crippen LogP contribution in [-0.2, 0) is 19.5 Å². The number of aromatic nitrogens is 2. The Morgan fingerprint density at radius 2 is 1.84 bits per heavy atom. The molecule has 1 saturated carbocycles. The van der Waals surface area contributed by atoms with Gasteiger partial charge in [0.15, 0.2) is 11.5 Å². The van der Waals surface area contributed by atoms with E-state index in [2.05, 4.69) is 24.4 Å². The van der Waals surface area contributed by atoms with Gasteiger partial charge in [0.25, 0.3) is 0 Å². The lowest BCUT2D eigenvalue weighted by Crippen LogP contribution is -2.44. The molecule has 2 aromatic carbocycles. The number of hydrogen-bond donors (Lipinski definition) is 2. The molecule has 2 amide bonds. The van der Waals surface area contributed by atoms with Gasteiger partial charge in [0.05, 0.1) is 24.6 Å². The maximum atomic E-state index is 13.8. The molecule has 0 spiro atoms. The van der Waals surface area contributed by atoms with Crippen LogP contribution in [0, 0.1) is 20.8 Å². The molecular weight excluding hydrogens is 470 g/mol. The van der Waals surface area contributed by atoms with Crippen LogP contribution in [0.5, 0.6) is 11.5 Å². The van der Waals surface area contributed by atoms with E-state index < -0.39 is 6.03 Å². The summed E-state index contributed by atoms with van der Waals surface area (Å²) in [4.78, 5) is 30.1. The molecule has 0 atom stereocenters. The highest BCUT2D eigenvalue weighted by atomic mass is 16.5. The quantitative estimate of drug-likeness (QED) is 0.515. The average Bonchev–Trinajstić information content (AvgIpc) is 3.66. The van der Waals surface area contributed by atoms with Gasteiger partial charge >= 0.3 is 11.7 Å². The molecule has 3 aromatic rings. The van der Waals surface area contributed by atoms with E-state index in [-0.39, 0.29) is 24.9 Å². The molecular formula is C28H33N5O4. The van der Waals surface area contributed by atoms with Gasteiger partial charge in [-0.3, -0.25) is 9.13 Å². The minimum Gasteiger partial charge on any atom is -0.493 e. The Hall–Kier alpha value is -4.01. The number of amides is 2. The first-order chi connectivity index (χ1) is 17.7. The van der Waals surface area contributed by atoms with E-state index in [1.165, 1.54) is 0 Å². The highest BCUT2D eigenvalue weighted by molar-refractivity contribution is 5.71. The molecule has 9 nitrogen and oxygen atoms in total. The Morgan fingerprint density at radius 1 is 1.11 bits per heavy atom. The summed E-state index contributed by atoms with van der Waals surface area (Å²) in [5.74, 6) is 1.40. The molecule has 2 heterocycles. The SMILES string of the molecule is COc1cc2c(cc1OC1CC1)-c1cc(=Nc3c(C)cc(C)cc3C)n(CCNC(N)=O)c(=O)n1CC2. The van der Waals surface area contributed by atoms with Crippen molar-refractivity contribution in [3.8, 4) is 22.8 Å². The molecule has 2 aliphatic rings. The van der Waals surface area contributed by atoms with E-state index in [0.29, 0.717) is 30.0 Å². The number of primary amides is 1. The number of hydrogen-bond acceptors (Lipinski definition) is 5. The van der Waals surface area contributed by atoms with Crippen molar-refractivity contribution in [3.63, 3.8) is 0 Å². The molecule has 0 unspecified atom stereocenters. The lowest BCUT2D eigenvalue weighted by Gasteiger charge is -2.25. The van der Waals surface area contributed by atoms with Gasteiger partial charge in [-0.1, -0.05) is 17.7 Å². The molecule has 1 aromatic heterocycles. The summed E-state index contributed by atoms with van der Waals surface area (Å²) < 4.78 is 15.1. The van der Waals surface area contributed by atoms with Gasteiger partial charge in [0, 0.05) is 31.3 Å². The van der Waals surface area contributed by atoms with Gasteiger partial charge < -0.3 is 20.5 Å². The third-order valence-corrected chi connectivity index (χ3v) is 6.88. The van der Waals surface area contributed by atoms with Crippen molar-refractivity contribution in [2.45, 2.75) is 59.2 Å². The second-order valence-corrected chi connectivity index (χ2v) is 9.85. The molecule has 1 aliphatic heterocycles. The molecule has 194 valence electrons. The van der Waals surface area contributed by atoms with Crippen molar-refractivity contribution in [1.82, 2.24) is 14.5 Å². The number of carbonyl (C=O) groups is 1. The number of methoxy groups -OCH3 is 1. The molecule has 1 aliphatic carbocycles. The number of nitrogens with zero attached hydrogens (tertiary/aromatic N) is 3. The summed E-state index contributed by atoms with van der Waals surface area (Å²) in [6, 6.07) is 9.49. The van der Waals surface area contributed by atoms with E-state index in [9.17, 15) is 9.59 Å². The minimum atomic E-state index is -0.631. The standard InChI is InChI=1S/C28H33N5O4/c1-16-11-17(2)26(18(3)12-16)31-25-15-22-21-14-24(37-20-5-6-20)23(36-4)13-19(21)7-9-32(22)28(35)33(25)10-8-30-27(29)34/h11-15,20H,5-10H2,1-4H3,(H3,29,30,34). The van der Waals surface area contributed by atoms with Gasteiger partial charge in [-0.15, -0.1) is 0 Å². The summed E-state index contributed by atoms with van der Waals surface area (Å²) in [6.07, 6.45) is 2.97. The van der Waals surface area contributed by atoms with Crippen molar-refractivity contribution in [3.05, 3.63) is 68.6 Å². The van der Waals surface area contributed by atoms with Gasteiger partial charge in [0.2, 0.25) is 0 Å². The van der Waals surface area contributed by atoms with Crippen LogP contribution < -0.4 is 31.7 Å². The van der Waals surface area contributed by atoms with Crippen LogP contribution in [0.1, 0.15) is 35.1 Å². The number of aryl methyl sites for hydroxylation is 4. The van der Waals surface area contributed by atoms with E-state index in [1.54, 1.807) is 16.2 Å². The molecule has 1 fully saturated rings. The Kier molecular flexibility index (Phi) is 6.54. The topological polar surface area (TPSA) is 113 Å². The van der Waals surface area contributed by atoms with Crippen LogP contribution in [0.3, 0.4) is 0 Å². The number of fused-ring (bicyclic) bond motifs is 3. The van der Waals surface area contributed by atoms with E-state index in [0.717, 1.165) is 52.0 Å². The Balaban J connectivity index is 1.71. The summed E-state index contributed by atoms with van der Waals surface area (Å²) in [5, 5.41) is 2.58. The Labute approximate surface area is 215 Å². The first-order valence-electron chi connectivity index (χ1n) is 12.6. The molecule has 0 saturated heterocycles. The third-order valence-electron chi connectivity index (χ3n) is 6.88. The number of carbonyl (C=O) groups excluding carboxylic acids is 1. The van der Waals surface area contributed by atoms with Gasteiger partial charge in [0.1, 0.15) is 5.49 Å². The predicted octanol–water partition coefficient (Wildman–Crippen LogP) is 3.25. The minimum absolute atomic E-state index is 0.184. The van der Waals surface area contributed by atoms with Crippen molar-refractivity contribution < 1.29 is 14.3 Å². The molecule has 3 N–H and O–H groups in total. The van der Waals surface area contributed by atoms with Crippen LogP contribution >= 0.6 is 0 Å². The second-order valence-electron chi connectivity index (χ2n) is 9.85. The molecule has 37 heavy (non-hydrogen) atoms. The average molecular weight is 504 g/mol. The largest absolute Gasteiger partial charge is 0.493 e. The second kappa shape index (κ2) is 9.80. The molecule has 9 heteroatoms. The molecule has 0 bridgehead atoms. The van der Waals surface area contributed by atoms with E-state index >= 15 is 0 Å². The number of benzene rings is 2. The predicted molar refractivity (Wildman–Crippen MR) is 141 cm³/mol. The zero-order chi connectivity index (χ0) is 26.3. The van der Waals surface area contributed by atoms with Crippen molar-refractivity contribution in [2.24, 2.45) is 10.7 Å². The van der Waals surface area contributed by atoms with Crippen LogP contribution in [0.4, 0.5) is 10.5 Å². The maximum Gasteiger partial charge on any atom is 0.330 e. The van der Waals surface area contributed by atoms with Crippen LogP contribution in [-0.4, -0.2) is 34.9 Å². The summed E-state index contributed by atoms with van der Waals surface area (Å²) in [7, 11) is 1.65. The number of nitrogens with two attached hydrogens (primary N) is 1.